The minimum atomic E-state index is 1.24. The lowest BCUT2D eigenvalue weighted by molar-refractivity contribution is 1.66. The average Bonchev–Trinajstić information content (AvgIpc) is 3.26. The van der Waals surface area contributed by atoms with Gasteiger partial charge in [0.25, 0.3) is 0 Å². The monoisotopic (exact) mass is 706 g/mol. The maximum absolute atomic E-state index is 2.43. The lowest BCUT2D eigenvalue weighted by atomic mass is 9.83. The van der Waals surface area contributed by atoms with Crippen molar-refractivity contribution in [1.29, 1.82) is 0 Å². The van der Waals surface area contributed by atoms with Gasteiger partial charge in [0.1, 0.15) is 0 Å². The predicted molar refractivity (Wildman–Crippen MR) is 242 cm³/mol. The van der Waals surface area contributed by atoms with Crippen molar-refractivity contribution in [1.82, 2.24) is 0 Å². The van der Waals surface area contributed by atoms with Gasteiger partial charge in [0.15, 0.2) is 0 Å². The number of fused-ring (bicyclic) bond motifs is 4. The molecule has 0 unspecified atom stereocenters. The Hall–Kier alpha value is -7.28. The first-order valence-corrected chi connectivity index (χ1v) is 19.5. The molecule has 258 valence electrons. The molecule has 0 saturated carbocycles. The molecule has 0 atom stereocenters. The molecule has 0 aliphatic carbocycles. The zero-order valence-electron chi connectivity index (χ0n) is 30.6. The topological polar surface area (TPSA) is 0 Å². The zero-order valence-corrected chi connectivity index (χ0v) is 30.6. The first-order valence-electron chi connectivity index (χ1n) is 19.5. The quantitative estimate of drug-likeness (QED) is 0.126. The summed E-state index contributed by atoms with van der Waals surface area (Å²) in [6.07, 6.45) is 0. The second-order valence-corrected chi connectivity index (χ2v) is 15.1. The molecule has 0 bridgehead atoms. The van der Waals surface area contributed by atoms with Crippen LogP contribution in [-0.4, -0.2) is 0 Å². The van der Waals surface area contributed by atoms with Crippen molar-refractivity contribution >= 4 is 75.4 Å². The zero-order chi connectivity index (χ0) is 36.7. The van der Waals surface area contributed by atoms with E-state index < -0.39 is 0 Å². The van der Waals surface area contributed by atoms with E-state index >= 15 is 0 Å². The van der Waals surface area contributed by atoms with Crippen molar-refractivity contribution < 1.29 is 0 Å². The summed E-state index contributed by atoms with van der Waals surface area (Å²) in [5.74, 6) is 0. The third kappa shape index (κ3) is 4.54. The molecular formula is C56H34. The molecule has 12 rings (SSSR count). The Balaban J connectivity index is 1.09. The summed E-state index contributed by atoms with van der Waals surface area (Å²) in [5.41, 5.74) is 10.2. The molecule has 12 aromatic rings. The minimum absolute atomic E-state index is 1.24. The summed E-state index contributed by atoms with van der Waals surface area (Å²) in [6, 6.07) is 76.5. The molecule has 0 saturated heterocycles. The molecule has 0 amide bonds. The van der Waals surface area contributed by atoms with Crippen molar-refractivity contribution in [2.45, 2.75) is 0 Å². The predicted octanol–water partition coefficient (Wildman–Crippen LogP) is 15.9. The Labute approximate surface area is 324 Å². The van der Waals surface area contributed by atoms with Gasteiger partial charge in [-0.3, -0.25) is 0 Å². The SMILES string of the molecule is c1ccc(-c2c3ccccc3c(-c3cc4ccc5cc(-c6c7ccccc7c(-c7ccccc7)c7ccccc67)cc6ccc(c3)c4c56)c3ccccc23)cc1. The van der Waals surface area contributed by atoms with E-state index in [-0.39, 0.29) is 0 Å². The fraction of sp³-hybridized carbons (Fsp3) is 0. The summed E-state index contributed by atoms with van der Waals surface area (Å²) in [6.45, 7) is 0. The maximum Gasteiger partial charge on any atom is -0.00259 e. The molecule has 0 heterocycles. The molecule has 0 radical (unpaired) electrons. The van der Waals surface area contributed by atoms with Gasteiger partial charge in [0, 0.05) is 0 Å². The van der Waals surface area contributed by atoms with E-state index in [0.717, 1.165) is 0 Å². The second-order valence-electron chi connectivity index (χ2n) is 15.1. The Bertz CT molecular complexity index is 3090. The Kier molecular flexibility index (Phi) is 6.73. The summed E-state index contributed by atoms with van der Waals surface area (Å²) >= 11 is 0. The van der Waals surface area contributed by atoms with Crippen LogP contribution in [0.4, 0.5) is 0 Å². The third-order valence-corrected chi connectivity index (χ3v) is 12.1. The van der Waals surface area contributed by atoms with Crippen LogP contribution < -0.4 is 0 Å². The molecule has 0 N–H and O–H groups in total. The smallest absolute Gasteiger partial charge is 0.00259 e. The van der Waals surface area contributed by atoms with Crippen LogP contribution in [0.25, 0.3) is 120 Å². The van der Waals surface area contributed by atoms with E-state index in [0.29, 0.717) is 0 Å². The standard InChI is InChI=1S/C56H34/c1-3-15-35(16-4-1)53-43-19-7-11-23-47(43)55(48-24-12-8-20-44(48)53)41-31-37-27-29-39-33-42(34-40-30-28-38(32-41)51(37)52(39)40)56-49-25-13-9-21-45(49)54(36-17-5-2-6-18-36)46-22-10-14-26-50(46)56/h1-34H. The highest BCUT2D eigenvalue weighted by atomic mass is 14.2. The van der Waals surface area contributed by atoms with Crippen LogP contribution in [0.5, 0.6) is 0 Å². The molecule has 0 nitrogen and oxygen atoms in total. The molecule has 12 aromatic carbocycles. The van der Waals surface area contributed by atoms with E-state index in [1.165, 1.54) is 120 Å². The lowest BCUT2D eigenvalue weighted by Crippen LogP contribution is -1.93. The largest absolute Gasteiger partial charge is 0.0622 e. The van der Waals surface area contributed by atoms with Gasteiger partial charge in [-0.2, -0.15) is 0 Å². The van der Waals surface area contributed by atoms with E-state index in [1.54, 1.807) is 0 Å². The number of hydrogen-bond donors (Lipinski definition) is 0. The number of hydrogen-bond acceptors (Lipinski definition) is 0. The summed E-state index contributed by atoms with van der Waals surface area (Å²) in [5, 5.41) is 18.0. The molecule has 0 aliphatic heterocycles. The van der Waals surface area contributed by atoms with Gasteiger partial charge in [0.05, 0.1) is 0 Å². The third-order valence-electron chi connectivity index (χ3n) is 12.1. The van der Waals surface area contributed by atoms with Gasteiger partial charge in [-0.05, 0) is 144 Å². The van der Waals surface area contributed by atoms with E-state index in [2.05, 4.69) is 206 Å². The fourth-order valence-electron chi connectivity index (χ4n) is 9.84. The maximum atomic E-state index is 2.43. The normalized spacial score (nSPS) is 11.9. The van der Waals surface area contributed by atoms with Crippen LogP contribution in [-0.2, 0) is 0 Å². The number of benzene rings is 12. The highest BCUT2D eigenvalue weighted by molar-refractivity contribution is 6.28. The van der Waals surface area contributed by atoms with Crippen molar-refractivity contribution in [2.24, 2.45) is 0 Å². The van der Waals surface area contributed by atoms with Crippen molar-refractivity contribution in [3.63, 3.8) is 0 Å². The molecule has 0 spiro atoms. The van der Waals surface area contributed by atoms with Crippen LogP contribution in [0.15, 0.2) is 206 Å². The lowest BCUT2D eigenvalue weighted by Gasteiger charge is -2.20. The Morgan fingerprint density at radius 3 is 0.643 bits per heavy atom. The Morgan fingerprint density at radius 1 is 0.179 bits per heavy atom. The molecular weight excluding hydrogens is 673 g/mol. The van der Waals surface area contributed by atoms with Crippen LogP contribution in [0.3, 0.4) is 0 Å². The van der Waals surface area contributed by atoms with Crippen molar-refractivity contribution in [2.75, 3.05) is 0 Å². The van der Waals surface area contributed by atoms with Crippen LogP contribution in [0.2, 0.25) is 0 Å². The van der Waals surface area contributed by atoms with Crippen molar-refractivity contribution in [3.05, 3.63) is 206 Å². The van der Waals surface area contributed by atoms with Crippen molar-refractivity contribution in [3.8, 4) is 44.5 Å². The highest BCUT2D eigenvalue weighted by Crippen LogP contribution is 2.48. The summed E-state index contributed by atoms with van der Waals surface area (Å²) < 4.78 is 0. The summed E-state index contributed by atoms with van der Waals surface area (Å²) in [4.78, 5) is 0. The first kappa shape index (κ1) is 31.1. The summed E-state index contributed by atoms with van der Waals surface area (Å²) in [7, 11) is 0. The first-order chi connectivity index (χ1) is 27.8. The van der Waals surface area contributed by atoms with E-state index in [1.807, 2.05) is 0 Å². The second kappa shape index (κ2) is 12.1. The molecule has 56 heavy (non-hydrogen) atoms. The van der Waals surface area contributed by atoms with Crippen LogP contribution in [0, 0.1) is 0 Å². The van der Waals surface area contributed by atoms with Gasteiger partial charge < -0.3 is 0 Å². The number of rotatable bonds is 4. The Morgan fingerprint density at radius 2 is 0.393 bits per heavy atom. The van der Waals surface area contributed by atoms with E-state index in [9.17, 15) is 0 Å². The van der Waals surface area contributed by atoms with Gasteiger partial charge in [-0.25, -0.2) is 0 Å². The molecule has 0 fully saturated rings. The average molecular weight is 707 g/mol. The highest BCUT2D eigenvalue weighted by Gasteiger charge is 2.20. The molecule has 0 aromatic heterocycles. The van der Waals surface area contributed by atoms with E-state index in [4.69, 9.17) is 0 Å². The van der Waals surface area contributed by atoms with Crippen LogP contribution >= 0.6 is 0 Å². The molecule has 0 aliphatic rings. The molecule has 0 heteroatoms. The van der Waals surface area contributed by atoms with Gasteiger partial charge in [0.2, 0.25) is 0 Å². The minimum Gasteiger partial charge on any atom is -0.0622 e. The van der Waals surface area contributed by atoms with Gasteiger partial charge in [-0.1, -0.05) is 182 Å². The van der Waals surface area contributed by atoms with Crippen LogP contribution in [0.1, 0.15) is 0 Å². The van der Waals surface area contributed by atoms with Gasteiger partial charge >= 0.3 is 0 Å². The fourth-order valence-corrected chi connectivity index (χ4v) is 9.84. The van der Waals surface area contributed by atoms with Gasteiger partial charge in [-0.15, -0.1) is 0 Å².